The van der Waals surface area contributed by atoms with Gasteiger partial charge in [0.1, 0.15) is 0 Å². The Morgan fingerprint density at radius 1 is 1.78 bits per heavy atom. The summed E-state index contributed by atoms with van der Waals surface area (Å²) in [5.41, 5.74) is 5.22. The van der Waals surface area contributed by atoms with Gasteiger partial charge in [0.05, 0.1) is 0 Å². The van der Waals surface area contributed by atoms with Gasteiger partial charge in [-0.3, -0.25) is 10.7 Å². The first-order chi connectivity index (χ1) is 3.55. The van der Waals surface area contributed by atoms with Crippen molar-refractivity contribution in [2.45, 2.75) is 19.9 Å². The van der Waals surface area contributed by atoms with Gasteiger partial charge in [0.25, 0.3) is 0 Å². The summed E-state index contributed by atoms with van der Waals surface area (Å²) < 4.78 is 0. The Labute approximate surface area is 79.9 Å². The molecule has 0 rings (SSSR count). The van der Waals surface area contributed by atoms with Gasteiger partial charge < -0.3 is 10.8 Å². The quantitative estimate of drug-likeness (QED) is 0.624. The summed E-state index contributed by atoms with van der Waals surface area (Å²) in [5, 5.41) is 8.24. The molecule has 0 bridgehead atoms. The van der Waals surface area contributed by atoms with Crippen molar-refractivity contribution in [3.8, 4) is 0 Å². The zero-order valence-electron chi connectivity index (χ0n) is 5.59. The first-order valence-electron chi connectivity index (χ1n) is 2.38. The first kappa shape index (κ1) is 12.1. The van der Waals surface area contributed by atoms with E-state index in [1.54, 1.807) is 6.92 Å². The molecule has 0 aromatic rings. The molecule has 0 saturated carbocycles. The molecule has 0 saturated heterocycles. The van der Waals surface area contributed by atoms with Crippen LogP contribution in [-0.2, 0) is 37.5 Å². The summed E-state index contributed by atoms with van der Waals surface area (Å²) in [6.45, 7) is 3.15. The topological polar surface area (TPSA) is 63.3 Å². The van der Waals surface area contributed by atoms with Crippen LogP contribution in [0.5, 0.6) is 0 Å². The fraction of sp³-hybridized carbons (Fsp3) is 0.600. The third-order valence-electron chi connectivity index (χ3n) is 1.02. The molecule has 9 heavy (non-hydrogen) atoms. The number of nitrogens with two attached hydrogens (primary N) is 1. The van der Waals surface area contributed by atoms with Gasteiger partial charge in [-0.15, -0.1) is 0 Å². The van der Waals surface area contributed by atoms with Crippen molar-refractivity contribution in [1.29, 1.82) is 0 Å². The molecule has 3 nitrogen and oxygen atoms in total. The predicted octanol–water partition coefficient (Wildman–Crippen LogP) is 0.0101. The Bertz CT molecular complexity index is 95.0. The second-order valence-electron chi connectivity index (χ2n) is 1.78. The largest absolute Gasteiger partial charge is 0.503 e. The van der Waals surface area contributed by atoms with Crippen LogP contribution in [0.2, 0.25) is 0 Å². The molecule has 0 aliphatic rings. The van der Waals surface area contributed by atoms with Crippen LogP contribution in [0.25, 0.3) is 0 Å². The summed E-state index contributed by atoms with van der Waals surface area (Å²) in [6, 6.07) is -0.340. The van der Waals surface area contributed by atoms with Crippen molar-refractivity contribution in [2.24, 2.45) is 5.73 Å². The van der Waals surface area contributed by atoms with Crippen LogP contribution in [0.3, 0.4) is 0 Å². The van der Waals surface area contributed by atoms with E-state index in [-0.39, 0.29) is 38.8 Å². The normalized spacial score (nSPS) is 11.4. The number of hydrogen-bond donors (Lipinski definition) is 2. The van der Waals surface area contributed by atoms with E-state index < -0.39 is 5.97 Å². The number of aliphatic carboxylic acids is 1. The molecule has 1 atom stereocenters. The minimum atomic E-state index is -0.917. The SMILES string of the molecule is C[C-](C(=O)O)[C@H](C)N.[Y]. The zero-order chi connectivity index (χ0) is 6.73. The molecule has 4 heteroatoms. The summed E-state index contributed by atoms with van der Waals surface area (Å²) in [6.07, 6.45) is 0. The summed E-state index contributed by atoms with van der Waals surface area (Å²) in [4.78, 5) is 10.0. The Kier molecular flexibility index (Phi) is 7.01. The zero-order valence-corrected chi connectivity index (χ0v) is 8.43. The molecule has 3 N–H and O–H groups in total. The second kappa shape index (κ2) is 5.21. The molecule has 0 spiro atoms. The van der Waals surface area contributed by atoms with E-state index in [1.165, 1.54) is 6.92 Å². The molecule has 0 fully saturated rings. The molecule has 0 unspecified atom stereocenters. The first-order valence-corrected chi connectivity index (χ1v) is 2.38. The Morgan fingerprint density at radius 2 is 2.11 bits per heavy atom. The smallest absolute Gasteiger partial charge is 0.167 e. The Hall–Kier alpha value is 0.404. The summed E-state index contributed by atoms with van der Waals surface area (Å²) in [5.74, 6) is -0.620. The van der Waals surface area contributed by atoms with Gasteiger partial charge in [-0.1, -0.05) is 13.0 Å². The predicted molar refractivity (Wildman–Crippen MR) is 30.2 cm³/mol. The fourth-order valence-electron chi connectivity index (χ4n) is 0.195. The molecule has 0 amide bonds. The van der Waals surface area contributed by atoms with Gasteiger partial charge in [-0.25, -0.2) is 0 Å². The minimum absolute atomic E-state index is 0. The Balaban J connectivity index is 0. The van der Waals surface area contributed by atoms with Gasteiger partial charge in [-0.2, -0.15) is 6.92 Å². The maximum Gasteiger partial charge on any atom is 0.167 e. The Morgan fingerprint density at radius 3 is 2.11 bits per heavy atom. The standard InChI is InChI=1S/C5H10NO2.Y/c1-3(4(2)6)5(7)8;/h4H,6H2,1-2H3,(H,7,8);/q-1;/t4-;/m0./s1. The fourth-order valence-corrected chi connectivity index (χ4v) is 0.195. The van der Waals surface area contributed by atoms with Crippen LogP contribution in [0, 0.1) is 5.92 Å². The van der Waals surface area contributed by atoms with Crippen LogP contribution >= 0.6 is 0 Å². The minimum Gasteiger partial charge on any atom is -0.503 e. The number of carboxylic acid groups (broad SMARTS) is 1. The van der Waals surface area contributed by atoms with Gasteiger partial charge in [-0.05, 0) is 0 Å². The average Bonchev–Trinajstić information content (AvgIpc) is 1.64. The maximum atomic E-state index is 10.0. The third-order valence-corrected chi connectivity index (χ3v) is 1.02. The van der Waals surface area contributed by atoms with E-state index in [9.17, 15) is 4.79 Å². The third kappa shape index (κ3) is 4.88. The van der Waals surface area contributed by atoms with Crippen LogP contribution < -0.4 is 5.73 Å². The molecular formula is C5H10NO2Y-. The van der Waals surface area contributed by atoms with E-state index in [1.807, 2.05) is 0 Å². The van der Waals surface area contributed by atoms with Gasteiger partial charge in [0.2, 0.25) is 0 Å². The molecular weight excluding hydrogens is 195 g/mol. The van der Waals surface area contributed by atoms with Crippen molar-refractivity contribution >= 4 is 5.97 Å². The van der Waals surface area contributed by atoms with Crippen LogP contribution in [0.15, 0.2) is 0 Å². The number of rotatable bonds is 2. The van der Waals surface area contributed by atoms with E-state index in [0.717, 1.165) is 0 Å². The van der Waals surface area contributed by atoms with Crippen molar-refractivity contribution in [3.63, 3.8) is 0 Å². The molecule has 1 radical (unpaired) electrons. The molecule has 0 aromatic carbocycles. The van der Waals surface area contributed by atoms with Crippen LogP contribution in [-0.4, -0.2) is 17.1 Å². The molecule has 51 valence electrons. The van der Waals surface area contributed by atoms with Gasteiger partial charge in [0.15, 0.2) is 5.97 Å². The maximum absolute atomic E-state index is 10.0. The van der Waals surface area contributed by atoms with Crippen molar-refractivity contribution < 1.29 is 42.6 Å². The molecule has 0 aromatic heterocycles. The van der Waals surface area contributed by atoms with Crippen molar-refractivity contribution in [2.75, 3.05) is 0 Å². The second-order valence-corrected chi connectivity index (χ2v) is 1.78. The molecule has 0 aliphatic carbocycles. The number of carbonyl (C=O) groups is 1. The average molecular weight is 205 g/mol. The van der Waals surface area contributed by atoms with Crippen molar-refractivity contribution in [3.05, 3.63) is 5.92 Å². The number of carboxylic acids is 1. The van der Waals surface area contributed by atoms with E-state index >= 15 is 0 Å². The van der Waals surface area contributed by atoms with Crippen molar-refractivity contribution in [1.82, 2.24) is 0 Å². The van der Waals surface area contributed by atoms with Crippen LogP contribution in [0.4, 0.5) is 0 Å². The van der Waals surface area contributed by atoms with Crippen LogP contribution in [0.1, 0.15) is 13.8 Å². The van der Waals surface area contributed by atoms with Gasteiger partial charge >= 0.3 is 0 Å². The summed E-state index contributed by atoms with van der Waals surface area (Å²) >= 11 is 0. The van der Waals surface area contributed by atoms with E-state index in [0.29, 0.717) is 5.92 Å². The van der Waals surface area contributed by atoms with E-state index in [4.69, 9.17) is 10.8 Å². The monoisotopic (exact) mass is 205 g/mol. The summed E-state index contributed by atoms with van der Waals surface area (Å²) in [7, 11) is 0. The van der Waals surface area contributed by atoms with Gasteiger partial charge in [0, 0.05) is 32.7 Å². The van der Waals surface area contributed by atoms with E-state index in [2.05, 4.69) is 0 Å². The number of hydrogen-bond acceptors (Lipinski definition) is 2. The molecule has 0 heterocycles. The molecule has 0 aliphatic heterocycles.